The van der Waals surface area contributed by atoms with Gasteiger partial charge in [-0.25, -0.2) is 32.5 Å². The van der Waals surface area contributed by atoms with E-state index >= 15 is 8.78 Å². The van der Waals surface area contributed by atoms with Crippen LogP contribution in [0.15, 0.2) is 107 Å². The molecule has 23 nitrogen and oxygen atoms in total. The lowest BCUT2D eigenvalue weighted by Gasteiger charge is -2.26. The predicted molar refractivity (Wildman–Crippen MR) is 316 cm³/mol. The molecular formula is C55H69F2N9O14P2S2. The number of aromatic nitrogens is 5. The van der Waals surface area contributed by atoms with Crippen molar-refractivity contribution in [2.24, 2.45) is 11.8 Å². The number of carbonyl (C=O) groups excluding carboxylic acids is 2. The molecule has 2 aliphatic rings. The van der Waals surface area contributed by atoms with Gasteiger partial charge in [-0.1, -0.05) is 107 Å². The summed E-state index contributed by atoms with van der Waals surface area (Å²) in [6.45, 7) is 7.79. The fourth-order valence-electron chi connectivity index (χ4n) is 9.52. The SMILES string of the molecule is CCC(CCc1cccc2c(OP(=O)(N[C@@H](C)C(=O)OCC(CC)CC)OC[C@H]3S[C@@H](n4ccc(N)nc4=O)C[C@H]3O)cccc12)COC(=O)[C@H](C)NP(=O)(OC[C@H]1S[C@@H](n2cnc(N)nc2=O)C(F)(F)C1O)Oc1cccc2ccccc12. The monoisotopic (exact) mass is 1240 g/mol. The highest BCUT2D eigenvalue weighted by Gasteiger charge is 2.59. The molecule has 4 unspecified atom stereocenters. The molecule has 4 aromatic carbocycles. The van der Waals surface area contributed by atoms with Crippen LogP contribution in [0.5, 0.6) is 11.5 Å². The number of halogens is 2. The highest BCUT2D eigenvalue weighted by atomic mass is 32.2. The largest absolute Gasteiger partial charge is 0.464 e. The molecule has 2 aromatic heterocycles. The number of aliphatic hydroxyl groups excluding tert-OH is 2. The average molecular weight is 1240 g/mol. The van der Waals surface area contributed by atoms with Crippen LogP contribution in [0.1, 0.15) is 83.0 Å². The molecule has 0 bridgehead atoms. The van der Waals surface area contributed by atoms with Gasteiger partial charge in [0.05, 0.1) is 48.4 Å². The number of anilines is 2. The van der Waals surface area contributed by atoms with Crippen molar-refractivity contribution in [2.75, 3.05) is 37.9 Å². The normalized spacial score (nSPS) is 22.0. The number of alkyl halides is 2. The van der Waals surface area contributed by atoms with Crippen LogP contribution in [0, 0.1) is 11.8 Å². The number of aryl methyl sites for hydroxylation is 1. The van der Waals surface area contributed by atoms with Gasteiger partial charge in [-0.2, -0.15) is 20.1 Å². The minimum atomic E-state index is -4.70. The molecule has 0 saturated carbocycles. The third kappa shape index (κ3) is 15.5. The number of rotatable bonds is 28. The number of hydrogen-bond donors (Lipinski definition) is 6. The Morgan fingerprint density at radius 1 is 0.738 bits per heavy atom. The number of esters is 2. The Labute approximate surface area is 491 Å². The van der Waals surface area contributed by atoms with Crippen molar-refractivity contribution in [3.05, 3.63) is 124 Å². The first kappa shape index (κ1) is 64.0. The van der Waals surface area contributed by atoms with Crippen LogP contribution in [-0.4, -0.2) is 113 Å². The molecule has 84 heavy (non-hydrogen) atoms. The van der Waals surface area contributed by atoms with Crippen LogP contribution < -0.4 is 42.1 Å². The number of nitrogen functional groups attached to an aromatic ring is 2. The second-order valence-electron chi connectivity index (χ2n) is 20.5. The number of thioether (sulfide) groups is 2. The topological polar surface area (TPSA) is 323 Å². The van der Waals surface area contributed by atoms with Gasteiger partial charge >= 0.3 is 44.7 Å². The molecule has 2 aliphatic heterocycles. The first-order valence-electron chi connectivity index (χ1n) is 27.4. The van der Waals surface area contributed by atoms with Crippen LogP contribution in [-0.2, 0) is 43.7 Å². The van der Waals surface area contributed by atoms with Crippen molar-refractivity contribution in [1.29, 1.82) is 0 Å². The summed E-state index contributed by atoms with van der Waals surface area (Å²) in [6, 6.07) is 21.7. The zero-order valence-corrected chi connectivity index (χ0v) is 50.2. The third-order valence-electron chi connectivity index (χ3n) is 14.6. The van der Waals surface area contributed by atoms with Gasteiger partial charge in [0, 0.05) is 23.4 Å². The zero-order chi connectivity index (χ0) is 60.5. The van der Waals surface area contributed by atoms with Crippen molar-refractivity contribution in [3.8, 4) is 11.5 Å². The van der Waals surface area contributed by atoms with E-state index in [-0.39, 0.29) is 55.4 Å². The smallest absolute Gasteiger partial charge is 0.459 e. The number of benzene rings is 4. The number of nitrogens with two attached hydrogens (primary N) is 2. The fraction of sp³-hybridized carbons (Fsp3) is 0.473. The quantitative estimate of drug-likeness (QED) is 0.0199. The van der Waals surface area contributed by atoms with Crippen LogP contribution >= 0.6 is 39.0 Å². The van der Waals surface area contributed by atoms with Crippen LogP contribution in [0.3, 0.4) is 0 Å². The Bertz CT molecular complexity index is 3510. The van der Waals surface area contributed by atoms with E-state index in [4.69, 9.17) is 39.0 Å². The highest BCUT2D eigenvalue weighted by molar-refractivity contribution is 8.00. The second kappa shape index (κ2) is 28.0. The molecule has 29 heteroatoms. The second-order valence-corrected chi connectivity index (χ2v) is 26.6. The molecule has 6 aromatic rings. The minimum Gasteiger partial charge on any atom is -0.464 e. The van der Waals surface area contributed by atoms with E-state index in [0.717, 1.165) is 30.1 Å². The lowest BCUT2D eigenvalue weighted by atomic mass is 9.94. The first-order chi connectivity index (χ1) is 40.0. The van der Waals surface area contributed by atoms with Gasteiger partial charge < -0.3 is 40.2 Å². The summed E-state index contributed by atoms with van der Waals surface area (Å²) < 4.78 is 98.3. The lowest BCUT2D eigenvalue weighted by Crippen LogP contribution is -2.42. The van der Waals surface area contributed by atoms with Crippen molar-refractivity contribution in [3.63, 3.8) is 0 Å². The number of aliphatic hydroxyl groups is 2. The summed E-state index contributed by atoms with van der Waals surface area (Å²) in [6.07, 6.45) is 2.23. The third-order valence-corrected chi connectivity index (χ3v) is 20.9. The Morgan fingerprint density at radius 3 is 1.94 bits per heavy atom. The number of ether oxygens (including phenoxy) is 2. The van der Waals surface area contributed by atoms with Gasteiger partial charge in [-0.15, -0.1) is 23.5 Å². The minimum absolute atomic E-state index is 0.0539. The summed E-state index contributed by atoms with van der Waals surface area (Å²) >= 11 is 1.70. The van der Waals surface area contributed by atoms with E-state index in [9.17, 15) is 38.5 Å². The van der Waals surface area contributed by atoms with Gasteiger partial charge in [-0.05, 0) is 73.1 Å². The summed E-state index contributed by atoms with van der Waals surface area (Å²) in [5.41, 5.74) is 10.3. The van der Waals surface area contributed by atoms with E-state index in [1.807, 2.05) is 39.0 Å². The predicted octanol–water partition coefficient (Wildman–Crippen LogP) is 8.19. The van der Waals surface area contributed by atoms with Gasteiger partial charge in [-0.3, -0.25) is 27.8 Å². The van der Waals surface area contributed by atoms with E-state index < -0.39 is 103 Å². The standard InChI is InChI=1S/C55H69F2N9O14P2S2/c1-6-34(7-2)27-75-49(69)32(4)63-81(73,77-29-44-41(67)26-47(83-44)65-25-24-46(58)61-53(65)71)80-43-21-13-18-38-37(15-11-19-40(38)43)23-22-35(8-3)28-76-50(70)33(5)64-82(74,79-42-20-12-16-36-14-9-10-17-39(36)42)78-30-45-48(68)55(56,57)51(84-45)66-31-60-52(59)62-54(66)72/h9-21,24-25,31-35,41,44-45,47-48,51,67-68H,6-8,22-23,26-30H2,1-5H3,(H,63,73)(H,64,74)(H2,58,61,71)(H2,59,62,72)/t32-,33-,35?,41+,44+,45+,47+,48?,51+,81?,82?/m0/s1. The molecule has 0 spiro atoms. The molecule has 11 atom stereocenters. The van der Waals surface area contributed by atoms with E-state index in [1.54, 1.807) is 54.6 Å². The van der Waals surface area contributed by atoms with Crippen LogP contribution in [0.2, 0.25) is 0 Å². The average Bonchev–Trinajstić information content (AvgIpc) is 1.98. The van der Waals surface area contributed by atoms with Crippen LogP contribution in [0.4, 0.5) is 20.5 Å². The molecule has 0 amide bonds. The molecule has 8 N–H and O–H groups in total. The number of fused-ring (bicyclic) bond motifs is 2. The Morgan fingerprint density at radius 2 is 1.30 bits per heavy atom. The van der Waals surface area contributed by atoms with E-state index in [1.165, 1.54) is 48.5 Å². The fourth-order valence-corrected chi connectivity index (χ4v) is 15.6. The maximum Gasteiger partial charge on any atom is 0.459 e. The molecular weight excluding hydrogens is 1170 g/mol. The van der Waals surface area contributed by atoms with Crippen molar-refractivity contribution in [2.45, 2.75) is 125 Å². The van der Waals surface area contributed by atoms with Crippen molar-refractivity contribution < 1.29 is 65.3 Å². The van der Waals surface area contributed by atoms with E-state index in [2.05, 4.69) is 25.1 Å². The summed E-state index contributed by atoms with van der Waals surface area (Å²) in [7, 11) is -9.17. The first-order valence-corrected chi connectivity index (χ1v) is 32.4. The number of nitrogens with zero attached hydrogens (tertiary/aromatic N) is 5. The van der Waals surface area contributed by atoms with Gasteiger partial charge in [0.1, 0.15) is 41.8 Å². The maximum atomic E-state index is 15.6. The Kier molecular flexibility index (Phi) is 21.4. The van der Waals surface area contributed by atoms with Crippen molar-refractivity contribution in [1.82, 2.24) is 34.3 Å². The molecule has 454 valence electrons. The van der Waals surface area contributed by atoms with Gasteiger partial charge in [0.2, 0.25) is 5.95 Å². The van der Waals surface area contributed by atoms with Crippen molar-refractivity contribution >= 4 is 84.3 Å². The molecule has 2 saturated heterocycles. The number of nitrogens with one attached hydrogen (secondary N) is 2. The van der Waals surface area contributed by atoms with E-state index in [0.29, 0.717) is 51.8 Å². The highest BCUT2D eigenvalue weighted by Crippen LogP contribution is 2.54. The Balaban J connectivity index is 0.936. The molecule has 8 rings (SSSR count). The maximum absolute atomic E-state index is 15.6. The molecule has 0 aliphatic carbocycles. The molecule has 2 fully saturated rings. The Hall–Kier alpha value is -5.99. The number of hydrogen-bond acceptors (Lipinski definition) is 21. The molecule has 0 radical (unpaired) electrons. The lowest BCUT2D eigenvalue weighted by molar-refractivity contribution is -0.147. The summed E-state index contributed by atoms with van der Waals surface area (Å²) in [5, 5.41) is 25.2. The zero-order valence-electron chi connectivity index (χ0n) is 46.7. The van der Waals surface area contributed by atoms with Crippen LogP contribution in [0.25, 0.3) is 21.5 Å². The summed E-state index contributed by atoms with van der Waals surface area (Å²) in [5.74, 6) is -5.60. The van der Waals surface area contributed by atoms with Gasteiger partial charge in [0.25, 0.3) is 0 Å². The number of carbonyl (C=O) groups is 2. The summed E-state index contributed by atoms with van der Waals surface area (Å²) in [4.78, 5) is 63.1. The van der Waals surface area contributed by atoms with Gasteiger partial charge in [0.15, 0.2) is 5.37 Å². The molecule has 4 heterocycles.